The summed E-state index contributed by atoms with van der Waals surface area (Å²) >= 11 is 0. The zero-order valence-corrected chi connectivity index (χ0v) is 12.8. The third kappa shape index (κ3) is 4.56. The molecule has 138 valence electrons. The highest BCUT2D eigenvalue weighted by atomic mass is 19.4. The molecule has 12 heteroatoms. The van der Waals surface area contributed by atoms with Crippen LogP contribution in [0.3, 0.4) is 0 Å². The van der Waals surface area contributed by atoms with Gasteiger partial charge < -0.3 is 20.3 Å². The van der Waals surface area contributed by atoms with Crippen molar-refractivity contribution in [1.29, 1.82) is 0 Å². The molecular weight excluding hydrogens is 353 g/mol. The molecule has 0 fully saturated rings. The molecule has 0 saturated heterocycles. The van der Waals surface area contributed by atoms with E-state index in [2.05, 4.69) is 4.74 Å². The molecule has 0 saturated carbocycles. The van der Waals surface area contributed by atoms with Crippen LogP contribution in [-0.4, -0.2) is 46.3 Å². The number of rotatable bonds is 5. The van der Waals surface area contributed by atoms with E-state index in [1.54, 1.807) is 0 Å². The molecule has 1 amide bonds. The lowest BCUT2D eigenvalue weighted by molar-refractivity contribution is -0.385. The first-order valence-electron chi connectivity index (χ1n) is 6.55. The van der Waals surface area contributed by atoms with Gasteiger partial charge in [0, 0.05) is 12.1 Å². The van der Waals surface area contributed by atoms with Gasteiger partial charge in [0.1, 0.15) is 16.9 Å². The van der Waals surface area contributed by atoms with Crippen LogP contribution in [0.4, 0.5) is 18.9 Å². The number of methoxy groups -OCH3 is 1. The van der Waals surface area contributed by atoms with Crippen LogP contribution in [0.2, 0.25) is 0 Å². The summed E-state index contributed by atoms with van der Waals surface area (Å²) in [4.78, 5) is 33.3. The summed E-state index contributed by atoms with van der Waals surface area (Å²) in [5, 5.41) is 31.7. The highest BCUT2D eigenvalue weighted by molar-refractivity contribution is 6.00. The summed E-state index contributed by atoms with van der Waals surface area (Å²) in [6, 6.07) is -1.37. The average molecular weight is 366 g/mol. The number of carbonyl (C=O) groups is 2. The van der Waals surface area contributed by atoms with Gasteiger partial charge in [-0.3, -0.25) is 14.9 Å². The monoisotopic (exact) mass is 366 g/mol. The Bertz CT molecular complexity index is 704. The van der Waals surface area contributed by atoms with Crippen molar-refractivity contribution in [1.82, 2.24) is 5.32 Å². The average Bonchev–Trinajstić information content (AvgIpc) is 2.49. The van der Waals surface area contributed by atoms with Crippen molar-refractivity contribution in [3.8, 4) is 5.75 Å². The molecule has 0 aliphatic heterocycles. The van der Waals surface area contributed by atoms with Gasteiger partial charge in [-0.1, -0.05) is 0 Å². The smallest absolute Gasteiger partial charge is 0.420 e. The van der Waals surface area contributed by atoms with Crippen molar-refractivity contribution in [2.75, 3.05) is 7.11 Å². The van der Waals surface area contributed by atoms with Crippen molar-refractivity contribution in [2.45, 2.75) is 25.2 Å². The lowest BCUT2D eigenvalue weighted by Gasteiger charge is -2.19. The maximum absolute atomic E-state index is 12.7. The van der Waals surface area contributed by atoms with Crippen LogP contribution in [0.1, 0.15) is 22.8 Å². The van der Waals surface area contributed by atoms with Gasteiger partial charge in [0.05, 0.1) is 18.1 Å². The first-order chi connectivity index (χ1) is 11.4. The summed E-state index contributed by atoms with van der Waals surface area (Å²) in [5.41, 5.74) is -3.86. The number of carbonyl (C=O) groups excluding carboxylic acids is 2. The van der Waals surface area contributed by atoms with Crippen LogP contribution in [0, 0.1) is 10.1 Å². The van der Waals surface area contributed by atoms with E-state index < -0.39 is 57.7 Å². The molecule has 2 atom stereocenters. The lowest BCUT2D eigenvalue weighted by atomic mass is 10.1. The summed E-state index contributed by atoms with van der Waals surface area (Å²) in [7, 11) is 0.955. The maximum atomic E-state index is 12.7. The molecular formula is C13H13F3N2O7. The number of phenolic OH excluding ortho intramolecular Hbond substituents is 1. The fourth-order valence-electron chi connectivity index (χ4n) is 1.86. The Balaban J connectivity index is 3.36. The van der Waals surface area contributed by atoms with E-state index in [0.717, 1.165) is 14.0 Å². The number of halogens is 3. The van der Waals surface area contributed by atoms with Gasteiger partial charge in [0.15, 0.2) is 6.04 Å². The Labute approximate surface area is 138 Å². The standard InChI is InChI=1S/C13H13F3N2O7/c1-5(19)10(12(22)25-2)17-11(21)6-3-9(20)7(13(14,15)16)4-8(6)18(23)24/h3-5,10,19-20H,1-2H3,(H,17,21)/t5-,10+/m1/s1. The molecule has 0 radical (unpaired) electrons. The first-order valence-corrected chi connectivity index (χ1v) is 6.55. The van der Waals surface area contributed by atoms with Crippen LogP contribution in [0.25, 0.3) is 0 Å². The Morgan fingerprint density at radius 1 is 1.36 bits per heavy atom. The first kappa shape index (κ1) is 20.2. The SMILES string of the molecule is COC(=O)[C@@H](NC(=O)c1cc(O)c(C(F)(F)F)cc1[N+](=O)[O-])[C@@H](C)O. The van der Waals surface area contributed by atoms with Crippen LogP contribution in [0.15, 0.2) is 12.1 Å². The summed E-state index contributed by atoms with van der Waals surface area (Å²) in [5.74, 6) is -3.84. The van der Waals surface area contributed by atoms with E-state index in [1.807, 2.05) is 5.32 Å². The van der Waals surface area contributed by atoms with E-state index in [-0.39, 0.29) is 12.1 Å². The van der Waals surface area contributed by atoms with Crippen molar-refractivity contribution in [2.24, 2.45) is 0 Å². The number of benzene rings is 1. The number of alkyl halides is 3. The molecule has 0 aliphatic rings. The van der Waals surface area contributed by atoms with Gasteiger partial charge in [-0.2, -0.15) is 13.2 Å². The number of aliphatic hydroxyl groups is 1. The molecule has 3 N–H and O–H groups in total. The number of esters is 1. The normalized spacial score (nSPS) is 13.7. The van der Waals surface area contributed by atoms with Gasteiger partial charge in [-0.05, 0) is 6.92 Å². The number of nitro groups is 1. The second kappa shape index (κ2) is 7.34. The number of aromatic hydroxyl groups is 1. The Morgan fingerprint density at radius 3 is 2.32 bits per heavy atom. The number of amides is 1. The van der Waals surface area contributed by atoms with E-state index in [1.165, 1.54) is 0 Å². The molecule has 1 aromatic rings. The van der Waals surface area contributed by atoms with Gasteiger partial charge >= 0.3 is 12.1 Å². The molecule has 9 nitrogen and oxygen atoms in total. The molecule has 0 bridgehead atoms. The van der Waals surface area contributed by atoms with E-state index in [0.29, 0.717) is 0 Å². The quantitative estimate of drug-likeness (QED) is 0.401. The van der Waals surface area contributed by atoms with Gasteiger partial charge in [-0.25, -0.2) is 4.79 Å². The second-order valence-electron chi connectivity index (χ2n) is 4.86. The van der Waals surface area contributed by atoms with Crippen molar-refractivity contribution < 1.29 is 42.6 Å². The van der Waals surface area contributed by atoms with Crippen molar-refractivity contribution in [3.05, 3.63) is 33.4 Å². The Kier molecular flexibility index (Phi) is 5.92. The largest absolute Gasteiger partial charge is 0.507 e. The highest BCUT2D eigenvalue weighted by Gasteiger charge is 2.38. The van der Waals surface area contributed by atoms with Gasteiger partial charge in [-0.15, -0.1) is 0 Å². The molecule has 25 heavy (non-hydrogen) atoms. The number of hydrogen-bond donors (Lipinski definition) is 3. The topological polar surface area (TPSA) is 139 Å². The maximum Gasteiger partial charge on any atom is 0.420 e. The van der Waals surface area contributed by atoms with Crippen LogP contribution < -0.4 is 5.32 Å². The molecule has 0 aromatic heterocycles. The number of aliphatic hydroxyl groups excluding tert-OH is 1. The van der Waals surface area contributed by atoms with Crippen LogP contribution in [0.5, 0.6) is 5.75 Å². The number of ether oxygens (including phenoxy) is 1. The Hall–Kier alpha value is -2.89. The predicted molar refractivity (Wildman–Crippen MR) is 74.7 cm³/mol. The molecule has 0 spiro atoms. The molecule has 1 aromatic carbocycles. The summed E-state index contributed by atoms with van der Waals surface area (Å²) in [6.07, 6.45) is -6.55. The van der Waals surface area contributed by atoms with Crippen LogP contribution in [-0.2, 0) is 15.7 Å². The van der Waals surface area contributed by atoms with Crippen molar-refractivity contribution in [3.63, 3.8) is 0 Å². The van der Waals surface area contributed by atoms with Crippen molar-refractivity contribution >= 4 is 17.6 Å². The predicted octanol–water partition coefficient (Wildman–Crippen LogP) is 0.971. The van der Waals surface area contributed by atoms with Gasteiger partial charge in [0.2, 0.25) is 0 Å². The minimum absolute atomic E-state index is 0.000228. The zero-order valence-electron chi connectivity index (χ0n) is 12.8. The minimum Gasteiger partial charge on any atom is -0.507 e. The fourth-order valence-corrected chi connectivity index (χ4v) is 1.86. The van der Waals surface area contributed by atoms with E-state index in [9.17, 15) is 43.1 Å². The van der Waals surface area contributed by atoms with E-state index >= 15 is 0 Å². The molecule has 1 rings (SSSR count). The lowest BCUT2D eigenvalue weighted by Crippen LogP contribution is -2.48. The number of hydrogen-bond acceptors (Lipinski definition) is 7. The number of phenols is 1. The Morgan fingerprint density at radius 2 is 1.92 bits per heavy atom. The number of nitrogens with one attached hydrogen (secondary N) is 1. The highest BCUT2D eigenvalue weighted by Crippen LogP contribution is 2.39. The van der Waals surface area contributed by atoms with Crippen LogP contribution >= 0.6 is 0 Å². The molecule has 0 aliphatic carbocycles. The molecule has 0 heterocycles. The minimum atomic E-state index is -5.09. The third-order valence-electron chi connectivity index (χ3n) is 3.08. The molecule has 0 unspecified atom stereocenters. The fraction of sp³-hybridized carbons (Fsp3) is 0.385. The second-order valence-corrected chi connectivity index (χ2v) is 4.86. The van der Waals surface area contributed by atoms with E-state index in [4.69, 9.17) is 0 Å². The summed E-state index contributed by atoms with van der Waals surface area (Å²) in [6.45, 7) is 1.11. The zero-order chi connectivity index (χ0) is 19.5. The summed E-state index contributed by atoms with van der Waals surface area (Å²) < 4.78 is 42.5. The number of nitro benzene ring substituents is 1. The van der Waals surface area contributed by atoms with Gasteiger partial charge in [0.25, 0.3) is 11.6 Å². The third-order valence-corrected chi connectivity index (χ3v) is 3.08. The number of nitrogens with zero attached hydrogens (tertiary/aromatic N) is 1.